The van der Waals surface area contributed by atoms with Crippen molar-refractivity contribution in [1.82, 2.24) is 30.1 Å². The monoisotopic (exact) mass is 549 g/mol. The number of guanidine groups is 1. The lowest BCUT2D eigenvalue weighted by molar-refractivity contribution is 0.169. The summed E-state index contributed by atoms with van der Waals surface area (Å²) in [4.78, 5) is 9.24. The molecule has 172 valence electrons. The van der Waals surface area contributed by atoms with Crippen LogP contribution in [-0.4, -0.2) is 63.9 Å². The summed E-state index contributed by atoms with van der Waals surface area (Å²) in [7, 11) is 1.85. The lowest BCUT2D eigenvalue weighted by atomic mass is 10.1. The molecule has 1 fully saturated rings. The van der Waals surface area contributed by atoms with Crippen molar-refractivity contribution in [3.8, 4) is 5.69 Å². The number of aromatic nitrogens is 3. The summed E-state index contributed by atoms with van der Waals surface area (Å²) in [6, 6.07) is 12.5. The topological polar surface area (TPSA) is 74.7 Å². The van der Waals surface area contributed by atoms with Gasteiger partial charge in [-0.25, -0.2) is 4.68 Å². The van der Waals surface area contributed by atoms with Crippen molar-refractivity contribution >= 4 is 29.9 Å². The van der Waals surface area contributed by atoms with E-state index >= 15 is 0 Å². The molecule has 2 aromatic heterocycles. The third-order valence-corrected chi connectivity index (χ3v) is 5.61. The summed E-state index contributed by atoms with van der Waals surface area (Å²) in [6.45, 7) is 11.3. The zero-order valence-corrected chi connectivity index (χ0v) is 21.5. The summed E-state index contributed by atoms with van der Waals surface area (Å²) in [5.41, 5.74) is 5.44. The first-order valence-corrected chi connectivity index (χ1v) is 10.7. The molecule has 9 heteroatoms. The van der Waals surface area contributed by atoms with E-state index in [1.807, 2.05) is 31.6 Å². The molecule has 1 aromatic carbocycles. The molecule has 0 amide bonds. The smallest absolute Gasteiger partial charge is 0.194 e. The standard InChI is InChI=1S/C23H31N7O.HI/c1-17-13-18(2)30(26-17)22-8-6-5-7-20(22)15-25-23(24-4)29-11-9-28(10-12-29)16-21-14-19(3)31-27-21;/h5-8,13-14H,9-12,15-16H2,1-4H3,(H,24,25);1H. The van der Waals surface area contributed by atoms with Crippen LogP contribution in [0.5, 0.6) is 0 Å². The number of piperazine rings is 1. The molecule has 32 heavy (non-hydrogen) atoms. The van der Waals surface area contributed by atoms with Gasteiger partial charge < -0.3 is 14.7 Å². The van der Waals surface area contributed by atoms with Gasteiger partial charge in [0.1, 0.15) is 5.76 Å². The van der Waals surface area contributed by atoms with Crippen LogP contribution in [0.15, 0.2) is 45.9 Å². The van der Waals surface area contributed by atoms with Crippen LogP contribution in [0.2, 0.25) is 0 Å². The number of aryl methyl sites for hydroxylation is 3. The number of halogens is 1. The second-order valence-corrected chi connectivity index (χ2v) is 8.06. The van der Waals surface area contributed by atoms with Gasteiger partial charge in [-0.1, -0.05) is 23.4 Å². The average molecular weight is 549 g/mol. The summed E-state index contributed by atoms with van der Waals surface area (Å²) < 4.78 is 7.20. The fourth-order valence-corrected chi connectivity index (χ4v) is 4.09. The van der Waals surface area contributed by atoms with E-state index in [0.29, 0.717) is 6.54 Å². The third-order valence-electron chi connectivity index (χ3n) is 5.61. The van der Waals surface area contributed by atoms with E-state index in [1.165, 1.54) is 5.56 Å². The van der Waals surface area contributed by atoms with Gasteiger partial charge in [0.05, 0.1) is 17.1 Å². The Balaban J connectivity index is 0.00000289. The molecule has 0 radical (unpaired) electrons. The number of para-hydroxylation sites is 1. The molecule has 8 nitrogen and oxygen atoms in total. The zero-order chi connectivity index (χ0) is 21.8. The Morgan fingerprint density at radius 2 is 1.84 bits per heavy atom. The van der Waals surface area contributed by atoms with E-state index in [-0.39, 0.29) is 24.0 Å². The third kappa shape index (κ3) is 5.69. The molecule has 3 aromatic rings. The van der Waals surface area contributed by atoms with E-state index in [4.69, 9.17) is 4.52 Å². The van der Waals surface area contributed by atoms with E-state index in [1.54, 1.807) is 0 Å². The maximum atomic E-state index is 5.18. The minimum Gasteiger partial charge on any atom is -0.361 e. The van der Waals surface area contributed by atoms with Crippen LogP contribution in [0.3, 0.4) is 0 Å². The quantitative estimate of drug-likeness (QED) is 0.299. The fraction of sp³-hybridized carbons (Fsp3) is 0.435. The number of aliphatic imine (C=N–C) groups is 1. The molecule has 0 unspecified atom stereocenters. The molecule has 1 N–H and O–H groups in total. The molecule has 0 spiro atoms. The van der Waals surface area contributed by atoms with Gasteiger partial charge in [0.25, 0.3) is 0 Å². The number of hydrogen-bond donors (Lipinski definition) is 1. The Hall–Kier alpha value is -2.40. The van der Waals surface area contributed by atoms with Gasteiger partial charge in [-0.15, -0.1) is 24.0 Å². The first kappa shape index (κ1) is 24.2. The van der Waals surface area contributed by atoms with Gasteiger partial charge in [0.2, 0.25) is 0 Å². The summed E-state index contributed by atoms with van der Waals surface area (Å²) in [5.74, 6) is 1.79. The molecule has 3 heterocycles. The lowest BCUT2D eigenvalue weighted by Gasteiger charge is -2.36. The maximum Gasteiger partial charge on any atom is 0.194 e. The first-order chi connectivity index (χ1) is 15.0. The van der Waals surface area contributed by atoms with Crippen molar-refractivity contribution in [2.24, 2.45) is 4.99 Å². The highest BCUT2D eigenvalue weighted by Gasteiger charge is 2.21. The predicted octanol–water partition coefficient (Wildman–Crippen LogP) is 3.30. The van der Waals surface area contributed by atoms with Crippen LogP contribution in [0, 0.1) is 20.8 Å². The van der Waals surface area contributed by atoms with Crippen molar-refractivity contribution in [2.45, 2.75) is 33.9 Å². The van der Waals surface area contributed by atoms with Gasteiger partial charge in [-0.05, 0) is 38.5 Å². The van der Waals surface area contributed by atoms with Crippen LogP contribution in [0.1, 0.15) is 28.4 Å². The molecule has 1 aliphatic rings. The van der Waals surface area contributed by atoms with E-state index in [2.05, 4.69) is 67.6 Å². The second kappa shape index (κ2) is 11.0. The minimum absolute atomic E-state index is 0. The Morgan fingerprint density at radius 1 is 1.09 bits per heavy atom. The largest absolute Gasteiger partial charge is 0.361 e. The highest BCUT2D eigenvalue weighted by molar-refractivity contribution is 14.0. The number of nitrogens with zero attached hydrogens (tertiary/aromatic N) is 6. The molecule has 1 aliphatic heterocycles. The van der Waals surface area contributed by atoms with Crippen LogP contribution < -0.4 is 5.32 Å². The molecular formula is C23H32IN7O. The number of benzene rings is 1. The first-order valence-electron chi connectivity index (χ1n) is 10.7. The van der Waals surface area contributed by atoms with E-state index in [0.717, 1.165) is 67.2 Å². The van der Waals surface area contributed by atoms with Crippen molar-refractivity contribution in [2.75, 3.05) is 33.2 Å². The highest BCUT2D eigenvalue weighted by atomic mass is 127. The molecule has 4 rings (SSSR count). The average Bonchev–Trinajstić information content (AvgIpc) is 3.33. The van der Waals surface area contributed by atoms with Gasteiger partial charge in [0, 0.05) is 58.1 Å². The number of rotatable bonds is 5. The van der Waals surface area contributed by atoms with Crippen LogP contribution in [0.4, 0.5) is 0 Å². The van der Waals surface area contributed by atoms with E-state index < -0.39 is 0 Å². The van der Waals surface area contributed by atoms with E-state index in [9.17, 15) is 0 Å². The Morgan fingerprint density at radius 3 is 2.47 bits per heavy atom. The molecule has 1 saturated heterocycles. The van der Waals surface area contributed by atoms with Gasteiger partial charge in [0.15, 0.2) is 5.96 Å². The van der Waals surface area contributed by atoms with Gasteiger partial charge in [-0.3, -0.25) is 9.89 Å². The molecule has 0 saturated carbocycles. The summed E-state index contributed by atoms with van der Waals surface area (Å²) in [5, 5.41) is 12.3. The Labute approximate surface area is 206 Å². The maximum absolute atomic E-state index is 5.18. The van der Waals surface area contributed by atoms with Crippen molar-refractivity contribution in [1.29, 1.82) is 0 Å². The van der Waals surface area contributed by atoms with Crippen molar-refractivity contribution in [3.05, 3.63) is 64.8 Å². The normalized spacial score (nSPS) is 15.0. The number of nitrogens with one attached hydrogen (secondary N) is 1. The van der Waals surface area contributed by atoms with Crippen LogP contribution >= 0.6 is 24.0 Å². The Bertz CT molecular complexity index is 1050. The molecule has 0 bridgehead atoms. The summed E-state index contributed by atoms with van der Waals surface area (Å²) >= 11 is 0. The van der Waals surface area contributed by atoms with Gasteiger partial charge in [-0.2, -0.15) is 5.10 Å². The fourth-order valence-electron chi connectivity index (χ4n) is 4.09. The molecule has 0 atom stereocenters. The lowest BCUT2D eigenvalue weighted by Crippen LogP contribution is -2.52. The molecular weight excluding hydrogens is 517 g/mol. The highest BCUT2D eigenvalue weighted by Crippen LogP contribution is 2.17. The molecule has 0 aliphatic carbocycles. The summed E-state index contributed by atoms with van der Waals surface area (Å²) in [6.07, 6.45) is 0. The zero-order valence-electron chi connectivity index (χ0n) is 19.2. The SMILES string of the molecule is CN=C(NCc1ccccc1-n1nc(C)cc1C)N1CCN(Cc2cc(C)on2)CC1.I. The Kier molecular flexibility index (Phi) is 8.30. The van der Waals surface area contributed by atoms with Gasteiger partial charge >= 0.3 is 0 Å². The second-order valence-electron chi connectivity index (χ2n) is 8.06. The minimum atomic E-state index is 0. The van der Waals surface area contributed by atoms with Crippen molar-refractivity contribution < 1.29 is 4.52 Å². The van der Waals surface area contributed by atoms with Crippen LogP contribution in [0.25, 0.3) is 5.69 Å². The van der Waals surface area contributed by atoms with Crippen LogP contribution in [-0.2, 0) is 13.1 Å². The predicted molar refractivity (Wildman–Crippen MR) is 137 cm³/mol. The number of hydrogen-bond acceptors (Lipinski definition) is 5. The van der Waals surface area contributed by atoms with Crippen molar-refractivity contribution in [3.63, 3.8) is 0 Å².